The molecule has 0 aliphatic heterocycles. The molecule has 1 aromatic carbocycles. The lowest BCUT2D eigenvalue weighted by molar-refractivity contribution is -0.388. The Kier molecular flexibility index (Phi) is 7.75. The highest BCUT2D eigenvalue weighted by Crippen LogP contribution is 2.29. The van der Waals surface area contributed by atoms with E-state index < -0.39 is 50.4 Å². The third-order valence-electron chi connectivity index (χ3n) is 3.89. The lowest BCUT2D eigenvalue weighted by Crippen LogP contribution is -2.46. The van der Waals surface area contributed by atoms with Gasteiger partial charge >= 0.3 is 12.0 Å². The summed E-state index contributed by atoms with van der Waals surface area (Å²) >= 11 is 1.08. The number of amides is 3. The molecule has 3 amide bonds. The van der Waals surface area contributed by atoms with Crippen LogP contribution in [0.3, 0.4) is 0 Å². The van der Waals surface area contributed by atoms with Gasteiger partial charge in [0.1, 0.15) is 6.54 Å². The van der Waals surface area contributed by atoms with E-state index in [1.807, 2.05) is 10.0 Å². The van der Waals surface area contributed by atoms with Crippen molar-refractivity contribution in [2.75, 3.05) is 12.8 Å². The number of carbonyl (C=O) groups is 3. The van der Waals surface area contributed by atoms with Gasteiger partial charge in [0.05, 0.1) is 14.7 Å². The van der Waals surface area contributed by atoms with E-state index in [2.05, 4.69) is 5.32 Å². The quantitative estimate of drug-likeness (QED) is 0.205. The summed E-state index contributed by atoms with van der Waals surface area (Å²) in [7, 11) is -4.25. The van der Waals surface area contributed by atoms with Gasteiger partial charge in [-0.05, 0) is 38.2 Å². The van der Waals surface area contributed by atoms with Crippen LogP contribution in [0.15, 0.2) is 28.0 Å². The molecule has 0 aromatic heterocycles. The molecule has 12 nitrogen and oxygen atoms in total. The summed E-state index contributed by atoms with van der Waals surface area (Å²) in [5, 5.41) is 15.6. The molecular formula is C16H20N4O8S2. The zero-order valence-electron chi connectivity index (χ0n) is 16.0. The van der Waals surface area contributed by atoms with Crippen LogP contribution in [-0.4, -0.2) is 56.2 Å². The number of ether oxygens (including phenoxy) is 1. The van der Waals surface area contributed by atoms with Gasteiger partial charge in [-0.25, -0.2) is 13.2 Å². The normalized spacial score (nSPS) is 14.5. The van der Waals surface area contributed by atoms with Crippen LogP contribution in [0.4, 0.5) is 10.5 Å². The fraction of sp³-hybridized carbons (Fsp3) is 0.438. The molecule has 1 fully saturated rings. The van der Waals surface area contributed by atoms with Gasteiger partial charge in [0, 0.05) is 12.1 Å². The van der Waals surface area contributed by atoms with Crippen LogP contribution in [0.1, 0.15) is 19.8 Å². The molecule has 14 heteroatoms. The van der Waals surface area contributed by atoms with Crippen molar-refractivity contribution in [1.82, 2.24) is 15.4 Å². The van der Waals surface area contributed by atoms with Crippen molar-refractivity contribution in [3.05, 3.63) is 28.3 Å². The van der Waals surface area contributed by atoms with Crippen LogP contribution in [0, 0.1) is 10.1 Å². The molecule has 1 saturated carbocycles. The second-order valence-electron chi connectivity index (χ2n) is 6.28. The summed E-state index contributed by atoms with van der Waals surface area (Å²) in [6, 6.07) is 2.66. The topological polar surface area (TPSA) is 174 Å². The predicted octanol–water partition coefficient (Wildman–Crippen LogP) is 0.515. The number of hydrogen-bond acceptors (Lipinski definition) is 9. The molecule has 1 aliphatic carbocycles. The number of nitro groups is 1. The minimum atomic E-state index is -4.25. The molecule has 1 atom stereocenters. The van der Waals surface area contributed by atoms with Crippen LogP contribution < -0.4 is 15.4 Å². The number of benzene rings is 1. The third kappa shape index (κ3) is 6.67. The van der Waals surface area contributed by atoms with E-state index in [1.54, 1.807) is 6.26 Å². The largest absolute Gasteiger partial charge is 0.452 e. The van der Waals surface area contributed by atoms with E-state index >= 15 is 0 Å². The Labute approximate surface area is 176 Å². The van der Waals surface area contributed by atoms with Crippen molar-refractivity contribution in [1.29, 1.82) is 0 Å². The Morgan fingerprint density at radius 2 is 2.00 bits per heavy atom. The Morgan fingerprint density at radius 1 is 1.33 bits per heavy atom. The molecule has 0 spiro atoms. The maximum absolute atomic E-state index is 12.3. The van der Waals surface area contributed by atoms with Crippen LogP contribution >= 0.6 is 11.8 Å². The number of thioether (sulfide) groups is 1. The highest BCUT2D eigenvalue weighted by atomic mass is 32.2. The van der Waals surface area contributed by atoms with Crippen molar-refractivity contribution in [2.24, 2.45) is 0 Å². The number of nitro benzene ring substituents is 1. The Balaban J connectivity index is 1.91. The molecule has 0 heterocycles. The number of imide groups is 1. The number of hydrogen-bond donors (Lipinski definition) is 3. The summed E-state index contributed by atoms with van der Waals surface area (Å²) in [4.78, 5) is 45.4. The first kappa shape index (κ1) is 23.6. The SMILES string of the molecule is CSc1ccc(S(=O)(=O)NCC(=O)OC(C)C(=O)NC(=O)NC2CC2)cc1[N+](=O)[O-]. The van der Waals surface area contributed by atoms with E-state index in [1.165, 1.54) is 19.1 Å². The van der Waals surface area contributed by atoms with Gasteiger partial charge in [-0.15, -0.1) is 11.8 Å². The predicted molar refractivity (Wildman–Crippen MR) is 105 cm³/mol. The van der Waals surface area contributed by atoms with Gasteiger partial charge in [0.15, 0.2) is 6.10 Å². The van der Waals surface area contributed by atoms with E-state index in [-0.39, 0.29) is 16.6 Å². The summed E-state index contributed by atoms with van der Waals surface area (Å²) in [5.74, 6) is -1.94. The maximum Gasteiger partial charge on any atom is 0.321 e. The van der Waals surface area contributed by atoms with E-state index in [4.69, 9.17) is 4.74 Å². The molecule has 0 saturated heterocycles. The van der Waals surface area contributed by atoms with Crippen molar-refractivity contribution in [2.45, 2.75) is 41.7 Å². The Bertz CT molecular complexity index is 962. The minimum absolute atomic E-state index is 0.0332. The average Bonchev–Trinajstić information content (AvgIpc) is 3.49. The number of carbonyl (C=O) groups excluding carboxylic acids is 3. The molecule has 30 heavy (non-hydrogen) atoms. The van der Waals surface area contributed by atoms with Crippen LogP contribution in [0.2, 0.25) is 0 Å². The number of nitrogens with zero attached hydrogens (tertiary/aromatic N) is 1. The van der Waals surface area contributed by atoms with Gasteiger partial charge in [0.2, 0.25) is 10.0 Å². The molecule has 2 rings (SSSR count). The molecule has 164 valence electrons. The van der Waals surface area contributed by atoms with Gasteiger partial charge in [0.25, 0.3) is 11.6 Å². The lowest BCUT2D eigenvalue weighted by Gasteiger charge is -2.13. The monoisotopic (exact) mass is 460 g/mol. The zero-order valence-corrected chi connectivity index (χ0v) is 17.7. The summed E-state index contributed by atoms with van der Waals surface area (Å²) in [5.41, 5.74) is -0.386. The molecule has 1 unspecified atom stereocenters. The van der Waals surface area contributed by atoms with Crippen molar-refractivity contribution >= 4 is 45.4 Å². The number of nitrogens with one attached hydrogen (secondary N) is 3. The van der Waals surface area contributed by atoms with Gasteiger partial charge in [-0.3, -0.25) is 25.0 Å². The number of esters is 1. The van der Waals surface area contributed by atoms with Gasteiger partial charge in [-0.2, -0.15) is 4.72 Å². The fourth-order valence-electron chi connectivity index (χ4n) is 2.17. The van der Waals surface area contributed by atoms with E-state index in [9.17, 15) is 32.9 Å². The lowest BCUT2D eigenvalue weighted by atomic mass is 10.3. The summed E-state index contributed by atoms with van der Waals surface area (Å²) in [6.07, 6.45) is 1.93. The second-order valence-corrected chi connectivity index (χ2v) is 8.90. The molecule has 1 aliphatic rings. The molecule has 1 aromatic rings. The van der Waals surface area contributed by atoms with Crippen molar-refractivity contribution in [3.8, 4) is 0 Å². The van der Waals surface area contributed by atoms with Crippen LogP contribution in [0.25, 0.3) is 0 Å². The van der Waals surface area contributed by atoms with E-state index in [0.29, 0.717) is 0 Å². The minimum Gasteiger partial charge on any atom is -0.452 e. The summed E-state index contributed by atoms with van der Waals surface area (Å²) in [6.45, 7) is 0.406. The first-order valence-electron chi connectivity index (χ1n) is 8.66. The van der Waals surface area contributed by atoms with Crippen molar-refractivity contribution < 1.29 is 32.5 Å². The smallest absolute Gasteiger partial charge is 0.321 e. The average molecular weight is 460 g/mol. The first-order valence-corrected chi connectivity index (χ1v) is 11.4. The standard InChI is InChI=1S/C16H20N4O8S2/c1-9(15(22)19-16(23)18-10-3-4-10)28-14(21)8-17-30(26,27)11-5-6-13(29-2)12(7-11)20(24)25/h5-7,9-10,17H,3-4,8H2,1-2H3,(H2,18,19,22,23). The molecule has 0 radical (unpaired) electrons. The summed E-state index contributed by atoms with van der Waals surface area (Å²) < 4.78 is 31.4. The highest BCUT2D eigenvalue weighted by molar-refractivity contribution is 7.98. The highest BCUT2D eigenvalue weighted by Gasteiger charge is 2.27. The van der Waals surface area contributed by atoms with Crippen molar-refractivity contribution in [3.63, 3.8) is 0 Å². The van der Waals surface area contributed by atoms with Gasteiger partial charge < -0.3 is 10.1 Å². The Morgan fingerprint density at radius 3 is 2.57 bits per heavy atom. The number of urea groups is 1. The second kappa shape index (κ2) is 9.86. The maximum atomic E-state index is 12.3. The number of sulfonamides is 1. The molecular weight excluding hydrogens is 440 g/mol. The van der Waals surface area contributed by atoms with Gasteiger partial charge in [-0.1, -0.05) is 0 Å². The third-order valence-corrected chi connectivity index (χ3v) is 6.07. The molecule has 3 N–H and O–H groups in total. The number of rotatable bonds is 9. The first-order chi connectivity index (χ1) is 14.0. The van der Waals surface area contributed by atoms with Crippen LogP contribution in [0.5, 0.6) is 0 Å². The fourth-order valence-corrected chi connectivity index (χ4v) is 3.71. The van der Waals surface area contributed by atoms with E-state index in [0.717, 1.165) is 30.7 Å². The zero-order chi connectivity index (χ0) is 22.5. The Hall–Kier alpha value is -2.71. The van der Waals surface area contributed by atoms with Crippen LogP contribution in [-0.2, 0) is 24.3 Å². The molecule has 0 bridgehead atoms.